The van der Waals surface area contributed by atoms with Gasteiger partial charge in [-0.3, -0.25) is 4.79 Å². The molecule has 1 aliphatic rings. The van der Waals surface area contributed by atoms with E-state index in [0.29, 0.717) is 0 Å². The first-order chi connectivity index (χ1) is 5.52. The van der Waals surface area contributed by atoms with Crippen molar-refractivity contribution in [3.8, 4) is 0 Å². The number of primary amides is 1. The van der Waals surface area contributed by atoms with E-state index in [1.54, 1.807) is 11.9 Å². The number of thioether (sulfide) groups is 1. The van der Waals surface area contributed by atoms with Crippen molar-refractivity contribution in [3.05, 3.63) is 0 Å². The molecule has 0 radical (unpaired) electrons. The van der Waals surface area contributed by atoms with E-state index >= 15 is 0 Å². The molecule has 68 valence electrons. The summed E-state index contributed by atoms with van der Waals surface area (Å²) in [6.45, 7) is 1.86. The smallest absolute Gasteiger partial charge is 0.318 e. The summed E-state index contributed by atoms with van der Waals surface area (Å²) in [4.78, 5) is 23.1. The number of hydrogen-bond donors (Lipinski definition) is 2. The van der Waals surface area contributed by atoms with E-state index in [-0.39, 0.29) is 17.4 Å². The minimum absolute atomic E-state index is 0.00463. The van der Waals surface area contributed by atoms with Crippen LogP contribution in [0, 0.1) is 0 Å². The Labute approximate surface area is 74.7 Å². The average molecular weight is 189 g/mol. The van der Waals surface area contributed by atoms with Crippen molar-refractivity contribution in [3.63, 3.8) is 0 Å². The lowest BCUT2D eigenvalue weighted by Crippen LogP contribution is -2.30. The number of nitrogens with one attached hydrogen (secondary N) is 1. The van der Waals surface area contributed by atoms with Crippen molar-refractivity contribution < 1.29 is 9.59 Å². The molecule has 1 fully saturated rings. The van der Waals surface area contributed by atoms with Crippen molar-refractivity contribution in [2.45, 2.75) is 18.3 Å². The van der Waals surface area contributed by atoms with Gasteiger partial charge in [0.15, 0.2) is 0 Å². The summed E-state index contributed by atoms with van der Waals surface area (Å²) in [5.41, 5.74) is 4.98. The molecule has 3 amide bonds. The first-order valence-electron chi connectivity index (χ1n) is 3.52. The number of carbonyl (C=O) groups excluding carboxylic acids is 2. The second-order valence-corrected chi connectivity index (χ2v) is 3.80. The number of hydrogen-bond acceptors (Lipinski definition) is 3. The minimum Gasteiger partial charge on any atom is -0.360 e. The molecule has 1 aliphatic heterocycles. The fraction of sp³-hybridized carbons (Fsp3) is 0.667. The van der Waals surface area contributed by atoms with Gasteiger partial charge in [-0.15, -0.1) is 0 Å². The van der Waals surface area contributed by atoms with Crippen LogP contribution >= 0.6 is 11.8 Å². The Morgan fingerprint density at radius 3 is 2.67 bits per heavy atom. The van der Waals surface area contributed by atoms with E-state index < -0.39 is 5.24 Å². The first-order valence-corrected chi connectivity index (χ1v) is 4.39. The molecule has 1 saturated heterocycles. The number of carbonyl (C=O) groups is 2. The van der Waals surface area contributed by atoms with Gasteiger partial charge < -0.3 is 16.0 Å². The Bertz CT molecular complexity index is 219. The molecule has 2 atom stereocenters. The molecule has 3 N–H and O–H groups in total. The van der Waals surface area contributed by atoms with Crippen molar-refractivity contribution in [1.82, 2.24) is 10.2 Å². The Balaban J connectivity index is 2.58. The summed E-state index contributed by atoms with van der Waals surface area (Å²) in [5, 5.41) is 1.94. The third kappa shape index (κ3) is 1.63. The topological polar surface area (TPSA) is 75.4 Å². The highest BCUT2D eigenvalue weighted by molar-refractivity contribution is 8.14. The molecular weight excluding hydrogens is 178 g/mol. The number of amides is 3. The Kier molecular flexibility index (Phi) is 2.46. The Hall–Kier alpha value is -0.910. The lowest BCUT2D eigenvalue weighted by atomic mass is 10.3. The van der Waals surface area contributed by atoms with Gasteiger partial charge >= 0.3 is 6.03 Å². The molecule has 1 heterocycles. The van der Waals surface area contributed by atoms with Gasteiger partial charge in [0.1, 0.15) is 5.37 Å². The van der Waals surface area contributed by atoms with Crippen LogP contribution in [-0.2, 0) is 0 Å². The third-order valence-corrected chi connectivity index (χ3v) is 2.88. The summed E-state index contributed by atoms with van der Waals surface area (Å²) in [5.74, 6) is 0. The van der Waals surface area contributed by atoms with Crippen LogP contribution in [0.4, 0.5) is 9.59 Å². The molecule has 0 aromatic heterocycles. The molecule has 0 aromatic carbocycles. The number of urea groups is 1. The maximum Gasteiger partial charge on any atom is 0.318 e. The Morgan fingerprint density at radius 1 is 1.75 bits per heavy atom. The van der Waals surface area contributed by atoms with E-state index in [2.05, 4.69) is 5.32 Å². The largest absolute Gasteiger partial charge is 0.360 e. The molecule has 0 aliphatic carbocycles. The number of nitrogens with zero attached hydrogens (tertiary/aromatic N) is 1. The molecule has 6 heteroatoms. The SMILES string of the molecule is CC1C(SC(N)=O)NC(=O)N1C. The fourth-order valence-electron chi connectivity index (χ4n) is 0.985. The molecule has 0 aromatic rings. The molecule has 2 unspecified atom stereocenters. The number of likely N-dealkylation sites (N-methyl/N-ethyl adjacent to an activating group) is 1. The van der Waals surface area contributed by atoms with E-state index in [0.717, 1.165) is 11.8 Å². The highest BCUT2D eigenvalue weighted by Crippen LogP contribution is 2.20. The van der Waals surface area contributed by atoms with Crippen LogP contribution in [0.1, 0.15) is 6.92 Å². The standard InChI is InChI=1S/C6H11N3O2S/c1-3-4(12-5(7)10)8-6(11)9(3)2/h3-4H,1-2H3,(H2,7,10)(H,8,11). The zero-order valence-corrected chi connectivity index (χ0v) is 7.72. The molecule has 5 nitrogen and oxygen atoms in total. The van der Waals surface area contributed by atoms with Crippen LogP contribution in [0.5, 0.6) is 0 Å². The van der Waals surface area contributed by atoms with Crippen LogP contribution in [0.3, 0.4) is 0 Å². The van der Waals surface area contributed by atoms with Gasteiger partial charge in [-0.25, -0.2) is 4.79 Å². The molecule has 0 saturated carbocycles. The average Bonchev–Trinajstić information content (AvgIpc) is 2.17. The van der Waals surface area contributed by atoms with Gasteiger partial charge in [-0.2, -0.15) is 0 Å². The van der Waals surface area contributed by atoms with Crippen LogP contribution in [0.15, 0.2) is 0 Å². The monoisotopic (exact) mass is 189 g/mol. The van der Waals surface area contributed by atoms with Crippen molar-refractivity contribution >= 4 is 23.0 Å². The van der Waals surface area contributed by atoms with E-state index in [1.807, 2.05) is 6.92 Å². The lowest BCUT2D eigenvalue weighted by Gasteiger charge is -2.16. The normalized spacial score (nSPS) is 28.8. The number of rotatable bonds is 1. The van der Waals surface area contributed by atoms with E-state index in [9.17, 15) is 9.59 Å². The van der Waals surface area contributed by atoms with Crippen LogP contribution < -0.4 is 11.1 Å². The zero-order chi connectivity index (χ0) is 9.30. The molecular formula is C6H11N3O2S. The second kappa shape index (κ2) is 3.22. The predicted molar refractivity (Wildman–Crippen MR) is 46.7 cm³/mol. The maximum absolute atomic E-state index is 11.0. The summed E-state index contributed by atoms with van der Waals surface area (Å²) in [6.07, 6.45) is 0. The van der Waals surface area contributed by atoms with Crippen molar-refractivity contribution in [2.75, 3.05) is 7.05 Å². The van der Waals surface area contributed by atoms with E-state index in [1.165, 1.54) is 0 Å². The van der Waals surface area contributed by atoms with Gasteiger partial charge in [0, 0.05) is 7.05 Å². The van der Waals surface area contributed by atoms with Gasteiger partial charge in [0.05, 0.1) is 6.04 Å². The van der Waals surface area contributed by atoms with Gasteiger partial charge in [-0.1, -0.05) is 0 Å². The van der Waals surface area contributed by atoms with E-state index in [4.69, 9.17) is 5.73 Å². The van der Waals surface area contributed by atoms with Crippen LogP contribution in [-0.4, -0.2) is 34.6 Å². The lowest BCUT2D eigenvalue weighted by molar-refractivity contribution is 0.218. The van der Waals surface area contributed by atoms with Crippen molar-refractivity contribution in [1.29, 1.82) is 0 Å². The summed E-state index contributed by atoms with van der Waals surface area (Å²) in [7, 11) is 1.68. The summed E-state index contributed by atoms with van der Waals surface area (Å²) in [6, 6.07) is -0.170. The molecule has 0 spiro atoms. The predicted octanol–water partition coefficient (Wildman–Crippen LogP) is 0.168. The van der Waals surface area contributed by atoms with Crippen LogP contribution in [0.2, 0.25) is 0 Å². The quantitative estimate of drug-likeness (QED) is 0.617. The second-order valence-electron chi connectivity index (χ2n) is 2.66. The fourth-order valence-corrected chi connectivity index (χ4v) is 1.77. The number of nitrogens with two attached hydrogens (primary N) is 1. The molecule has 12 heavy (non-hydrogen) atoms. The highest BCUT2D eigenvalue weighted by Gasteiger charge is 2.34. The van der Waals surface area contributed by atoms with Gasteiger partial charge in [0.25, 0.3) is 5.24 Å². The van der Waals surface area contributed by atoms with Gasteiger partial charge in [0.2, 0.25) is 0 Å². The minimum atomic E-state index is -0.470. The first kappa shape index (κ1) is 9.18. The Morgan fingerprint density at radius 2 is 2.33 bits per heavy atom. The van der Waals surface area contributed by atoms with Crippen LogP contribution in [0.25, 0.3) is 0 Å². The molecule has 0 bridgehead atoms. The summed E-state index contributed by atoms with van der Waals surface area (Å²) < 4.78 is 0. The zero-order valence-electron chi connectivity index (χ0n) is 6.90. The summed E-state index contributed by atoms with van der Waals surface area (Å²) >= 11 is 0.943. The molecule has 1 rings (SSSR count). The van der Waals surface area contributed by atoms with Crippen molar-refractivity contribution in [2.24, 2.45) is 5.73 Å². The third-order valence-electron chi connectivity index (χ3n) is 1.88. The maximum atomic E-state index is 11.0. The van der Waals surface area contributed by atoms with Gasteiger partial charge in [-0.05, 0) is 18.7 Å². The highest BCUT2D eigenvalue weighted by atomic mass is 32.2.